The summed E-state index contributed by atoms with van der Waals surface area (Å²) in [4.78, 5) is 16.2. The standard InChI is InChI=1S/C12H10N4O3S/c1-7-3-4-8(5-13)11(14-7)20-6-9(17)10-12(18)19-15-16(10)2/h3-4H,6H2,1-2H3. The molecule has 0 aliphatic heterocycles. The van der Waals surface area contributed by atoms with Gasteiger partial charge in [0.15, 0.2) is 13.0 Å². The van der Waals surface area contributed by atoms with Crippen molar-refractivity contribution in [2.75, 3.05) is 5.75 Å². The summed E-state index contributed by atoms with van der Waals surface area (Å²) in [6.07, 6.45) is 0. The summed E-state index contributed by atoms with van der Waals surface area (Å²) in [5.41, 5.74) is 1.02. The number of nitriles is 1. The number of aryl methyl sites for hydroxylation is 2. The lowest BCUT2D eigenvalue weighted by Gasteiger charge is -2.02. The van der Waals surface area contributed by atoms with Gasteiger partial charge in [-0.1, -0.05) is 16.4 Å². The first-order chi connectivity index (χ1) is 9.52. The summed E-state index contributed by atoms with van der Waals surface area (Å²) < 4.78 is 5.49. The van der Waals surface area contributed by atoms with Gasteiger partial charge in [0.05, 0.1) is 16.6 Å². The Labute approximate surface area is 118 Å². The van der Waals surface area contributed by atoms with Crippen LogP contribution in [0.1, 0.15) is 21.7 Å². The number of carbonyl (C=O) groups is 1. The zero-order valence-electron chi connectivity index (χ0n) is 10.8. The Morgan fingerprint density at radius 2 is 2.35 bits per heavy atom. The average Bonchev–Trinajstić information content (AvgIpc) is 2.76. The van der Waals surface area contributed by atoms with Crippen LogP contribution in [0.3, 0.4) is 0 Å². The molecule has 0 fully saturated rings. The largest absolute Gasteiger partial charge is 0.539 e. The molecule has 0 N–H and O–H groups in total. The van der Waals surface area contributed by atoms with Crippen molar-refractivity contribution in [2.24, 2.45) is 7.05 Å². The van der Waals surface area contributed by atoms with Crippen LogP contribution in [0.5, 0.6) is 5.95 Å². The van der Waals surface area contributed by atoms with Gasteiger partial charge in [-0.15, -0.1) is 0 Å². The fourth-order valence-electron chi connectivity index (χ4n) is 1.54. The predicted octanol–water partition coefficient (Wildman–Crippen LogP) is 0.123. The third-order valence-corrected chi connectivity index (χ3v) is 3.48. The van der Waals surface area contributed by atoms with Gasteiger partial charge < -0.3 is 9.63 Å². The summed E-state index contributed by atoms with van der Waals surface area (Å²) in [5.74, 6) is -1.21. The molecule has 0 atom stereocenters. The molecule has 0 aliphatic carbocycles. The zero-order valence-corrected chi connectivity index (χ0v) is 11.6. The second-order valence-corrected chi connectivity index (χ2v) is 4.93. The Hall–Kier alpha value is -2.40. The summed E-state index contributed by atoms with van der Waals surface area (Å²) in [6, 6.07) is 5.38. The lowest BCUT2D eigenvalue weighted by atomic mass is 10.3. The minimum absolute atomic E-state index is 0.0184. The first kappa shape index (κ1) is 14.0. The number of hydrogen-bond donors (Lipinski definition) is 0. The molecular weight excluding hydrogens is 280 g/mol. The number of nitrogens with zero attached hydrogens (tertiary/aromatic N) is 4. The SMILES string of the molecule is Cc1ccc(C#N)c(SCC(=O)c2c([O-])on[n+]2C)n1. The van der Waals surface area contributed by atoms with Gasteiger partial charge in [-0.2, -0.15) is 5.26 Å². The van der Waals surface area contributed by atoms with E-state index in [-0.39, 0.29) is 11.4 Å². The molecule has 7 nitrogen and oxygen atoms in total. The van der Waals surface area contributed by atoms with Gasteiger partial charge in [0, 0.05) is 5.69 Å². The molecule has 0 saturated heterocycles. The van der Waals surface area contributed by atoms with Gasteiger partial charge in [-0.3, -0.25) is 4.79 Å². The van der Waals surface area contributed by atoms with E-state index in [1.54, 1.807) is 19.1 Å². The quantitative estimate of drug-likeness (QED) is 0.447. The number of rotatable bonds is 4. The number of Topliss-reactive ketones (excluding diaryl/α,β-unsaturated/α-hetero) is 1. The molecule has 2 heterocycles. The highest BCUT2D eigenvalue weighted by atomic mass is 32.2. The van der Waals surface area contributed by atoms with Crippen molar-refractivity contribution in [1.82, 2.24) is 10.3 Å². The Bertz CT molecular complexity index is 686. The van der Waals surface area contributed by atoms with Crippen LogP contribution >= 0.6 is 11.8 Å². The topological polar surface area (TPSA) is 107 Å². The van der Waals surface area contributed by atoms with Crippen LogP contribution in [0.25, 0.3) is 0 Å². The second-order valence-electron chi connectivity index (χ2n) is 3.96. The second kappa shape index (κ2) is 5.71. The first-order valence-electron chi connectivity index (χ1n) is 5.59. The van der Waals surface area contributed by atoms with Crippen LogP contribution in [-0.4, -0.2) is 21.8 Å². The van der Waals surface area contributed by atoms with E-state index in [9.17, 15) is 9.90 Å². The Kier molecular flexibility index (Phi) is 4.00. The van der Waals surface area contributed by atoms with Gasteiger partial charge in [0.1, 0.15) is 11.1 Å². The van der Waals surface area contributed by atoms with Gasteiger partial charge >= 0.3 is 0 Å². The summed E-state index contributed by atoms with van der Waals surface area (Å²) in [6.45, 7) is 1.79. The van der Waals surface area contributed by atoms with Crippen molar-refractivity contribution >= 4 is 17.5 Å². The Balaban J connectivity index is 2.16. The van der Waals surface area contributed by atoms with Crippen molar-refractivity contribution < 1.29 is 19.1 Å². The minimum atomic E-state index is -0.768. The van der Waals surface area contributed by atoms with E-state index >= 15 is 0 Å². The molecule has 2 rings (SSSR count). The Morgan fingerprint density at radius 3 is 2.95 bits per heavy atom. The number of aromatic nitrogens is 3. The smallest absolute Gasteiger partial charge is 0.300 e. The Morgan fingerprint density at radius 1 is 1.60 bits per heavy atom. The van der Waals surface area contributed by atoms with Gasteiger partial charge in [0.25, 0.3) is 5.69 Å². The van der Waals surface area contributed by atoms with Crippen LogP contribution in [0.2, 0.25) is 0 Å². The molecule has 0 saturated carbocycles. The van der Waals surface area contributed by atoms with Gasteiger partial charge in [-0.05, 0) is 19.1 Å². The lowest BCUT2D eigenvalue weighted by Crippen LogP contribution is -2.37. The van der Waals surface area contributed by atoms with Crippen molar-refractivity contribution in [3.63, 3.8) is 0 Å². The van der Waals surface area contributed by atoms with E-state index in [1.807, 2.05) is 6.07 Å². The molecule has 0 unspecified atom stereocenters. The van der Waals surface area contributed by atoms with Crippen molar-refractivity contribution in [3.8, 4) is 12.0 Å². The number of hydrogen-bond acceptors (Lipinski definition) is 7. The summed E-state index contributed by atoms with van der Waals surface area (Å²) >= 11 is 1.10. The maximum atomic E-state index is 12.0. The molecular formula is C12H10N4O3S. The fraction of sp³-hybridized carbons (Fsp3) is 0.250. The molecule has 0 bridgehead atoms. The molecule has 0 aromatic carbocycles. The molecule has 0 spiro atoms. The highest BCUT2D eigenvalue weighted by molar-refractivity contribution is 8.00. The summed E-state index contributed by atoms with van der Waals surface area (Å²) in [5, 5.41) is 24.1. The molecule has 20 heavy (non-hydrogen) atoms. The van der Waals surface area contributed by atoms with E-state index in [1.165, 1.54) is 7.05 Å². The predicted molar refractivity (Wildman–Crippen MR) is 65.9 cm³/mol. The molecule has 2 aromatic heterocycles. The van der Waals surface area contributed by atoms with Crippen molar-refractivity contribution in [1.29, 1.82) is 5.26 Å². The molecule has 0 radical (unpaired) electrons. The van der Waals surface area contributed by atoms with E-state index < -0.39 is 11.7 Å². The summed E-state index contributed by atoms with van der Waals surface area (Å²) in [7, 11) is 1.45. The van der Waals surface area contributed by atoms with E-state index in [2.05, 4.69) is 14.8 Å². The zero-order chi connectivity index (χ0) is 14.7. The molecule has 2 aromatic rings. The lowest BCUT2D eigenvalue weighted by molar-refractivity contribution is -0.741. The number of thioether (sulfide) groups is 1. The number of pyridine rings is 1. The number of ketones is 1. The van der Waals surface area contributed by atoms with Crippen LogP contribution in [0.15, 0.2) is 21.7 Å². The molecule has 102 valence electrons. The maximum Gasteiger partial charge on any atom is 0.300 e. The van der Waals surface area contributed by atoms with Crippen molar-refractivity contribution in [2.45, 2.75) is 11.9 Å². The van der Waals surface area contributed by atoms with Gasteiger partial charge in [-0.25, -0.2) is 4.98 Å². The third-order valence-electron chi connectivity index (χ3n) is 2.49. The van der Waals surface area contributed by atoms with Crippen LogP contribution in [0, 0.1) is 18.3 Å². The van der Waals surface area contributed by atoms with Gasteiger partial charge in [0.2, 0.25) is 5.78 Å². The molecule has 8 heteroatoms. The maximum absolute atomic E-state index is 12.0. The fourth-order valence-corrected chi connectivity index (χ4v) is 2.42. The number of carbonyl (C=O) groups excluding carboxylic acids is 1. The van der Waals surface area contributed by atoms with Crippen LogP contribution in [-0.2, 0) is 7.05 Å². The minimum Gasteiger partial charge on any atom is -0.539 e. The van der Waals surface area contributed by atoms with Crippen LogP contribution in [0.4, 0.5) is 0 Å². The molecule has 0 aliphatic rings. The van der Waals surface area contributed by atoms with E-state index in [0.29, 0.717) is 10.6 Å². The van der Waals surface area contributed by atoms with E-state index in [4.69, 9.17) is 5.26 Å². The monoisotopic (exact) mass is 290 g/mol. The van der Waals surface area contributed by atoms with Crippen molar-refractivity contribution in [3.05, 3.63) is 29.1 Å². The first-order valence-corrected chi connectivity index (χ1v) is 6.58. The van der Waals surface area contributed by atoms with Crippen LogP contribution < -0.4 is 9.79 Å². The highest BCUT2D eigenvalue weighted by Gasteiger charge is 2.23. The molecule has 0 amide bonds. The van der Waals surface area contributed by atoms with E-state index in [0.717, 1.165) is 22.1 Å². The third kappa shape index (κ3) is 2.78. The average molecular weight is 290 g/mol. The normalized spacial score (nSPS) is 10.2. The highest BCUT2D eigenvalue weighted by Crippen LogP contribution is 2.22.